The largest absolute Gasteiger partial charge is 0.351 e. The number of nitrogens with one attached hydrogen (secondary N) is 2. The minimum atomic E-state index is -0.0190. The Bertz CT molecular complexity index is 232. The van der Waals surface area contributed by atoms with Crippen LogP contribution >= 0.6 is 0 Å². The van der Waals surface area contributed by atoms with Gasteiger partial charge in [-0.1, -0.05) is 0 Å². The molecule has 12 heavy (non-hydrogen) atoms. The molecule has 0 unspecified atom stereocenters. The van der Waals surface area contributed by atoms with Crippen molar-refractivity contribution in [2.75, 3.05) is 13.1 Å². The number of aromatic amines is 1. The molecule has 0 saturated carbocycles. The van der Waals surface area contributed by atoms with Gasteiger partial charge in [0.25, 0.3) is 5.91 Å². The fraction of sp³-hybridized carbons (Fsp3) is 0.429. The Hall–Kier alpha value is -1.36. The third-order valence-corrected chi connectivity index (χ3v) is 1.50. The van der Waals surface area contributed by atoms with Crippen LogP contribution in [-0.4, -0.2) is 29.0 Å². The lowest BCUT2D eigenvalue weighted by molar-refractivity contribution is -0.355. The Morgan fingerprint density at radius 2 is 2.58 bits per heavy atom. The van der Waals surface area contributed by atoms with Crippen LogP contribution in [0.25, 0.3) is 0 Å². The van der Waals surface area contributed by atoms with Gasteiger partial charge >= 0.3 is 0 Å². The number of amides is 1. The van der Waals surface area contributed by atoms with Crippen LogP contribution in [0.2, 0.25) is 0 Å². The predicted octanol–water partition coefficient (Wildman–Crippen LogP) is -1.69. The van der Waals surface area contributed by atoms with Crippen molar-refractivity contribution >= 4 is 5.91 Å². The van der Waals surface area contributed by atoms with Crippen molar-refractivity contribution in [1.82, 2.24) is 15.3 Å². The Labute approximate surface area is 70.4 Å². The monoisotopic (exact) mass is 169 g/mol. The summed E-state index contributed by atoms with van der Waals surface area (Å²) in [5.41, 5.74) is 4.50. The summed E-state index contributed by atoms with van der Waals surface area (Å²) in [6, 6.07) is 0. The smallest absolute Gasteiger partial charge is 0.275 e. The molecular formula is C7H13N4O+. The summed E-state index contributed by atoms with van der Waals surface area (Å²) in [6.07, 6.45) is 4.15. The van der Waals surface area contributed by atoms with Crippen molar-refractivity contribution < 1.29 is 10.5 Å². The van der Waals surface area contributed by atoms with E-state index in [1.165, 1.54) is 0 Å². The molecule has 0 aliphatic rings. The zero-order chi connectivity index (χ0) is 8.81. The summed E-state index contributed by atoms with van der Waals surface area (Å²) in [5, 5.41) is 2.72. The highest BCUT2D eigenvalue weighted by molar-refractivity contribution is 5.76. The van der Waals surface area contributed by atoms with E-state index >= 15 is 0 Å². The number of hydrogen-bond donors (Lipinski definition) is 3. The maximum atomic E-state index is 10.7. The standard InChI is InChI=1S/C7H12N4O/c8-3-7(12)10-2-1-6-4-9-5-11-6/h4-5H,1-3,8H2,(H,9,11)(H,10,12)/p+1. The fourth-order valence-electron chi connectivity index (χ4n) is 0.846. The molecule has 5 nitrogen and oxygen atoms in total. The molecule has 0 aliphatic carbocycles. The summed E-state index contributed by atoms with van der Waals surface area (Å²) in [6.45, 7) is 0.930. The van der Waals surface area contributed by atoms with Gasteiger partial charge in [-0.3, -0.25) is 4.79 Å². The highest BCUT2D eigenvalue weighted by Gasteiger charge is 1.98. The fourth-order valence-corrected chi connectivity index (χ4v) is 0.846. The van der Waals surface area contributed by atoms with E-state index in [0.717, 1.165) is 12.1 Å². The van der Waals surface area contributed by atoms with Gasteiger partial charge in [0.15, 0.2) is 6.54 Å². The molecule has 0 fully saturated rings. The van der Waals surface area contributed by atoms with Gasteiger partial charge in [0.05, 0.1) is 6.33 Å². The number of rotatable bonds is 4. The van der Waals surface area contributed by atoms with Gasteiger partial charge in [0, 0.05) is 24.9 Å². The first kappa shape index (κ1) is 8.73. The zero-order valence-electron chi connectivity index (χ0n) is 6.84. The Balaban J connectivity index is 2.15. The van der Waals surface area contributed by atoms with Gasteiger partial charge in [0.1, 0.15) is 0 Å². The molecule has 1 amide bonds. The van der Waals surface area contributed by atoms with E-state index in [0.29, 0.717) is 13.1 Å². The van der Waals surface area contributed by atoms with Crippen molar-refractivity contribution in [2.45, 2.75) is 6.42 Å². The molecular weight excluding hydrogens is 156 g/mol. The molecule has 1 aromatic heterocycles. The molecule has 5 N–H and O–H groups in total. The maximum Gasteiger partial charge on any atom is 0.275 e. The molecule has 0 aliphatic heterocycles. The van der Waals surface area contributed by atoms with Crippen LogP contribution in [0.15, 0.2) is 12.5 Å². The van der Waals surface area contributed by atoms with E-state index in [1.54, 1.807) is 12.5 Å². The summed E-state index contributed by atoms with van der Waals surface area (Å²) in [4.78, 5) is 17.6. The van der Waals surface area contributed by atoms with Gasteiger partial charge < -0.3 is 16.0 Å². The lowest BCUT2D eigenvalue weighted by atomic mass is 10.3. The van der Waals surface area contributed by atoms with Crippen LogP contribution < -0.4 is 11.1 Å². The van der Waals surface area contributed by atoms with Crippen molar-refractivity contribution in [1.29, 1.82) is 0 Å². The van der Waals surface area contributed by atoms with E-state index < -0.39 is 0 Å². The second-order valence-electron chi connectivity index (χ2n) is 2.43. The van der Waals surface area contributed by atoms with Crippen LogP contribution in [0.5, 0.6) is 0 Å². The Morgan fingerprint density at radius 3 is 3.17 bits per heavy atom. The average Bonchev–Trinajstić information content (AvgIpc) is 2.57. The predicted molar refractivity (Wildman–Crippen MR) is 43.1 cm³/mol. The molecule has 0 spiro atoms. The Kier molecular flexibility index (Phi) is 3.28. The number of H-pyrrole nitrogens is 1. The van der Waals surface area contributed by atoms with E-state index in [-0.39, 0.29) is 5.91 Å². The molecule has 1 aromatic rings. The number of nitrogens with zero attached hydrogens (tertiary/aromatic N) is 1. The van der Waals surface area contributed by atoms with Crippen molar-refractivity contribution in [3.63, 3.8) is 0 Å². The van der Waals surface area contributed by atoms with Gasteiger partial charge in [0.2, 0.25) is 0 Å². The highest BCUT2D eigenvalue weighted by atomic mass is 16.1. The first-order valence-electron chi connectivity index (χ1n) is 3.86. The summed E-state index contributed by atoms with van der Waals surface area (Å²) in [5.74, 6) is -0.0190. The van der Waals surface area contributed by atoms with Crippen molar-refractivity contribution in [2.24, 2.45) is 0 Å². The van der Waals surface area contributed by atoms with Crippen LogP contribution in [0.1, 0.15) is 5.69 Å². The van der Waals surface area contributed by atoms with Crippen LogP contribution in [0.3, 0.4) is 0 Å². The van der Waals surface area contributed by atoms with Crippen molar-refractivity contribution in [3.8, 4) is 0 Å². The van der Waals surface area contributed by atoms with Crippen LogP contribution in [-0.2, 0) is 11.2 Å². The molecule has 0 bridgehead atoms. The van der Waals surface area contributed by atoms with E-state index in [2.05, 4.69) is 21.0 Å². The number of carbonyl (C=O) groups is 1. The minimum Gasteiger partial charge on any atom is -0.351 e. The number of imidazole rings is 1. The normalized spacial score (nSPS) is 9.75. The van der Waals surface area contributed by atoms with Gasteiger partial charge in [-0.05, 0) is 0 Å². The second-order valence-corrected chi connectivity index (χ2v) is 2.43. The second kappa shape index (κ2) is 4.50. The third kappa shape index (κ3) is 2.71. The molecule has 1 heterocycles. The van der Waals surface area contributed by atoms with E-state index in [9.17, 15) is 4.79 Å². The third-order valence-electron chi connectivity index (χ3n) is 1.50. The average molecular weight is 169 g/mol. The minimum absolute atomic E-state index is 0.0190. The maximum absolute atomic E-state index is 10.7. The molecule has 0 atom stereocenters. The number of quaternary nitrogens is 1. The molecule has 0 saturated heterocycles. The number of aromatic nitrogens is 2. The molecule has 1 rings (SSSR count). The van der Waals surface area contributed by atoms with Crippen molar-refractivity contribution in [3.05, 3.63) is 18.2 Å². The number of hydrogen-bond acceptors (Lipinski definition) is 2. The first-order chi connectivity index (χ1) is 5.83. The summed E-state index contributed by atoms with van der Waals surface area (Å²) >= 11 is 0. The van der Waals surface area contributed by atoms with Gasteiger partial charge in [-0.2, -0.15) is 0 Å². The molecule has 66 valence electrons. The van der Waals surface area contributed by atoms with E-state index in [4.69, 9.17) is 0 Å². The summed E-state index contributed by atoms with van der Waals surface area (Å²) in [7, 11) is 0. The van der Waals surface area contributed by atoms with Gasteiger partial charge in [-0.25, -0.2) is 4.98 Å². The molecule has 0 aromatic carbocycles. The highest BCUT2D eigenvalue weighted by Crippen LogP contribution is 1.89. The van der Waals surface area contributed by atoms with E-state index in [1.807, 2.05) is 0 Å². The molecule has 5 heteroatoms. The lowest BCUT2D eigenvalue weighted by Gasteiger charge is -1.99. The zero-order valence-corrected chi connectivity index (χ0v) is 6.84. The van der Waals surface area contributed by atoms with Gasteiger partial charge in [-0.15, -0.1) is 0 Å². The van der Waals surface area contributed by atoms with Crippen LogP contribution in [0, 0.1) is 0 Å². The lowest BCUT2D eigenvalue weighted by Crippen LogP contribution is -2.57. The topological polar surface area (TPSA) is 85.4 Å². The van der Waals surface area contributed by atoms with Crippen LogP contribution in [0.4, 0.5) is 0 Å². The first-order valence-corrected chi connectivity index (χ1v) is 3.86. The molecule has 0 radical (unpaired) electrons. The number of carbonyl (C=O) groups excluding carboxylic acids is 1. The summed E-state index contributed by atoms with van der Waals surface area (Å²) < 4.78 is 0. The quantitative estimate of drug-likeness (QED) is 0.502. The Morgan fingerprint density at radius 1 is 1.75 bits per heavy atom. The SMILES string of the molecule is [NH3+]CC(=O)NCCc1cnc[nH]1.